The SMILES string of the molecule is OC(CCc1ccccn1)c1cc(Br)ccc1F. The topological polar surface area (TPSA) is 33.1 Å². The van der Waals surface area contributed by atoms with Crippen LogP contribution in [0.25, 0.3) is 0 Å². The minimum Gasteiger partial charge on any atom is -0.388 e. The molecule has 0 radical (unpaired) electrons. The Bertz CT molecular complexity index is 518. The van der Waals surface area contributed by atoms with Crippen LogP contribution in [0.4, 0.5) is 4.39 Å². The Morgan fingerprint density at radius 1 is 1.28 bits per heavy atom. The lowest BCUT2D eigenvalue weighted by atomic mass is 10.0. The van der Waals surface area contributed by atoms with Crippen molar-refractivity contribution < 1.29 is 9.50 Å². The van der Waals surface area contributed by atoms with Crippen molar-refractivity contribution in [2.75, 3.05) is 0 Å². The van der Waals surface area contributed by atoms with Gasteiger partial charge in [0.2, 0.25) is 0 Å². The summed E-state index contributed by atoms with van der Waals surface area (Å²) in [6, 6.07) is 10.2. The monoisotopic (exact) mass is 309 g/mol. The fraction of sp³-hybridized carbons (Fsp3) is 0.214. The highest BCUT2D eigenvalue weighted by molar-refractivity contribution is 9.10. The molecule has 0 aliphatic heterocycles. The molecule has 1 aromatic heterocycles. The molecular formula is C14H13BrFNO. The number of halogens is 2. The van der Waals surface area contributed by atoms with Crippen molar-refractivity contribution in [3.63, 3.8) is 0 Å². The number of aliphatic hydroxyl groups excluding tert-OH is 1. The molecule has 1 N–H and O–H groups in total. The maximum Gasteiger partial charge on any atom is 0.129 e. The second kappa shape index (κ2) is 6.07. The average Bonchev–Trinajstić information content (AvgIpc) is 2.40. The summed E-state index contributed by atoms with van der Waals surface area (Å²) in [5.41, 5.74) is 1.22. The standard InChI is InChI=1S/C14H13BrFNO/c15-10-4-6-13(16)12(9-10)14(18)7-5-11-3-1-2-8-17-11/h1-4,6,8-9,14,18H,5,7H2. The number of hydrogen-bond donors (Lipinski definition) is 1. The summed E-state index contributed by atoms with van der Waals surface area (Å²) in [5, 5.41) is 10.00. The zero-order valence-corrected chi connectivity index (χ0v) is 11.3. The highest BCUT2D eigenvalue weighted by Gasteiger charge is 2.13. The first-order chi connectivity index (χ1) is 8.66. The number of rotatable bonds is 4. The Kier molecular flexibility index (Phi) is 4.44. The molecule has 4 heteroatoms. The zero-order chi connectivity index (χ0) is 13.0. The lowest BCUT2D eigenvalue weighted by molar-refractivity contribution is 0.163. The molecule has 2 nitrogen and oxygen atoms in total. The molecule has 1 unspecified atom stereocenters. The van der Waals surface area contributed by atoms with Gasteiger partial charge in [0.05, 0.1) is 6.10 Å². The number of aromatic nitrogens is 1. The van der Waals surface area contributed by atoms with Crippen LogP contribution in [0.1, 0.15) is 23.8 Å². The van der Waals surface area contributed by atoms with Gasteiger partial charge in [-0.05, 0) is 43.2 Å². The smallest absolute Gasteiger partial charge is 0.129 e. The van der Waals surface area contributed by atoms with E-state index in [2.05, 4.69) is 20.9 Å². The van der Waals surface area contributed by atoms with Crippen molar-refractivity contribution in [2.24, 2.45) is 0 Å². The summed E-state index contributed by atoms with van der Waals surface area (Å²) in [5.74, 6) is -0.383. The maximum absolute atomic E-state index is 13.5. The molecule has 0 spiro atoms. The van der Waals surface area contributed by atoms with Crippen LogP contribution in [-0.2, 0) is 6.42 Å². The predicted molar refractivity (Wildman–Crippen MR) is 71.6 cm³/mol. The molecule has 2 aromatic rings. The molecule has 2 rings (SSSR count). The Morgan fingerprint density at radius 3 is 2.83 bits per heavy atom. The van der Waals surface area contributed by atoms with Crippen LogP contribution >= 0.6 is 15.9 Å². The lowest BCUT2D eigenvalue weighted by Crippen LogP contribution is -2.03. The number of aryl methyl sites for hydroxylation is 1. The van der Waals surface area contributed by atoms with E-state index in [0.717, 1.165) is 10.2 Å². The molecule has 0 amide bonds. The Hall–Kier alpha value is -1.26. The van der Waals surface area contributed by atoms with E-state index in [4.69, 9.17) is 0 Å². The molecular weight excluding hydrogens is 297 g/mol. The van der Waals surface area contributed by atoms with E-state index in [1.807, 2.05) is 18.2 Å². The molecule has 0 saturated carbocycles. The summed E-state index contributed by atoms with van der Waals surface area (Å²) >= 11 is 3.27. The number of pyridine rings is 1. The van der Waals surface area contributed by atoms with Gasteiger partial charge in [-0.2, -0.15) is 0 Å². The van der Waals surface area contributed by atoms with Crippen LogP contribution in [0.3, 0.4) is 0 Å². The number of nitrogens with zero attached hydrogens (tertiary/aromatic N) is 1. The molecule has 0 aliphatic rings. The molecule has 1 atom stereocenters. The summed E-state index contributed by atoms with van der Waals surface area (Å²) in [7, 11) is 0. The number of benzene rings is 1. The van der Waals surface area contributed by atoms with Gasteiger partial charge in [0.15, 0.2) is 0 Å². The molecule has 0 bridgehead atoms. The lowest BCUT2D eigenvalue weighted by Gasteiger charge is -2.12. The first-order valence-corrected chi connectivity index (χ1v) is 6.49. The van der Waals surface area contributed by atoms with Crippen molar-refractivity contribution in [3.05, 3.63) is 64.1 Å². The highest BCUT2D eigenvalue weighted by Crippen LogP contribution is 2.24. The van der Waals surface area contributed by atoms with Crippen LogP contribution < -0.4 is 0 Å². The van der Waals surface area contributed by atoms with Gasteiger partial charge < -0.3 is 5.11 Å². The quantitative estimate of drug-likeness (QED) is 0.935. The Morgan fingerprint density at radius 2 is 2.11 bits per heavy atom. The van der Waals surface area contributed by atoms with Crippen molar-refractivity contribution in [2.45, 2.75) is 18.9 Å². The van der Waals surface area contributed by atoms with E-state index in [1.165, 1.54) is 6.07 Å². The fourth-order valence-corrected chi connectivity index (χ4v) is 2.13. The van der Waals surface area contributed by atoms with E-state index in [9.17, 15) is 9.50 Å². The second-order valence-electron chi connectivity index (χ2n) is 4.04. The normalized spacial score (nSPS) is 12.4. The minimum atomic E-state index is -0.815. The van der Waals surface area contributed by atoms with E-state index < -0.39 is 6.10 Å². The molecule has 1 heterocycles. The van der Waals surface area contributed by atoms with Crippen molar-refractivity contribution in [1.29, 1.82) is 0 Å². The van der Waals surface area contributed by atoms with Crippen molar-refractivity contribution >= 4 is 15.9 Å². The zero-order valence-electron chi connectivity index (χ0n) is 9.68. The summed E-state index contributed by atoms with van der Waals surface area (Å²) in [6.07, 6.45) is 1.96. The van der Waals surface area contributed by atoms with Crippen molar-refractivity contribution in [1.82, 2.24) is 4.98 Å². The van der Waals surface area contributed by atoms with E-state index in [0.29, 0.717) is 18.4 Å². The van der Waals surface area contributed by atoms with Gasteiger partial charge in [0.1, 0.15) is 5.82 Å². The van der Waals surface area contributed by atoms with Gasteiger partial charge in [0, 0.05) is 21.9 Å². The first-order valence-electron chi connectivity index (χ1n) is 5.70. The van der Waals surface area contributed by atoms with Crippen LogP contribution in [0.15, 0.2) is 47.1 Å². The predicted octanol–water partition coefficient (Wildman–Crippen LogP) is 3.65. The van der Waals surface area contributed by atoms with E-state index in [1.54, 1.807) is 18.3 Å². The molecule has 0 fully saturated rings. The molecule has 18 heavy (non-hydrogen) atoms. The van der Waals surface area contributed by atoms with E-state index in [-0.39, 0.29) is 5.82 Å². The van der Waals surface area contributed by atoms with Crippen LogP contribution in [0, 0.1) is 5.82 Å². The number of aliphatic hydroxyl groups is 1. The van der Waals surface area contributed by atoms with Crippen molar-refractivity contribution in [3.8, 4) is 0 Å². The molecule has 1 aromatic carbocycles. The minimum absolute atomic E-state index is 0.320. The van der Waals surface area contributed by atoms with Crippen LogP contribution in [0.5, 0.6) is 0 Å². The number of hydrogen-bond acceptors (Lipinski definition) is 2. The molecule has 94 valence electrons. The van der Waals surface area contributed by atoms with Gasteiger partial charge in [-0.1, -0.05) is 22.0 Å². The largest absolute Gasteiger partial charge is 0.388 e. The molecule has 0 saturated heterocycles. The van der Waals surface area contributed by atoms with Gasteiger partial charge in [-0.3, -0.25) is 4.98 Å². The van der Waals surface area contributed by atoms with Gasteiger partial charge in [-0.25, -0.2) is 4.39 Å². The average molecular weight is 310 g/mol. The Balaban J connectivity index is 2.03. The van der Waals surface area contributed by atoms with Gasteiger partial charge in [-0.15, -0.1) is 0 Å². The third-order valence-electron chi connectivity index (χ3n) is 2.72. The maximum atomic E-state index is 13.5. The second-order valence-corrected chi connectivity index (χ2v) is 4.96. The van der Waals surface area contributed by atoms with Gasteiger partial charge in [0.25, 0.3) is 0 Å². The summed E-state index contributed by atoms with van der Waals surface area (Å²) in [6.45, 7) is 0. The third kappa shape index (κ3) is 3.37. The fourth-order valence-electron chi connectivity index (χ4n) is 1.76. The van der Waals surface area contributed by atoms with Crippen LogP contribution in [-0.4, -0.2) is 10.1 Å². The van der Waals surface area contributed by atoms with Crippen LogP contribution in [0.2, 0.25) is 0 Å². The summed E-state index contributed by atoms with van der Waals surface area (Å²) < 4.78 is 14.3. The van der Waals surface area contributed by atoms with Gasteiger partial charge >= 0.3 is 0 Å². The third-order valence-corrected chi connectivity index (χ3v) is 3.21. The Labute approximate surface area is 114 Å². The van der Waals surface area contributed by atoms with E-state index >= 15 is 0 Å². The first kappa shape index (κ1) is 13.2. The highest BCUT2D eigenvalue weighted by atomic mass is 79.9. The molecule has 0 aliphatic carbocycles. The summed E-state index contributed by atoms with van der Waals surface area (Å²) in [4.78, 5) is 4.17.